The lowest BCUT2D eigenvalue weighted by Gasteiger charge is -2.41. The summed E-state index contributed by atoms with van der Waals surface area (Å²) < 4.78 is 0. The van der Waals surface area contributed by atoms with Gasteiger partial charge in [0.1, 0.15) is 17.1 Å². The van der Waals surface area contributed by atoms with Crippen molar-refractivity contribution in [3.8, 4) is 23.1 Å². The van der Waals surface area contributed by atoms with E-state index in [4.69, 9.17) is 9.97 Å². The van der Waals surface area contributed by atoms with Gasteiger partial charge in [-0.3, -0.25) is 4.90 Å². The first kappa shape index (κ1) is 23.7. The number of phenols is 1. The monoisotopic (exact) mass is 496 g/mol. The highest BCUT2D eigenvalue weighted by Crippen LogP contribution is 2.52. The quantitative estimate of drug-likeness (QED) is 0.273. The summed E-state index contributed by atoms with van der Waals surface area (Å²) in [7, 11) is 0. The summed E-state index contributed by atoms with van der Waals surface area (Å²) in [4.78, 5) is 11.8. The van der Waals surface area contributed by atoms with Crippen molar-refractivity contribution in [3.63, 3.8) is 0 Å². The molecule has 0 fully saturated rings. The molecule has 3 aromatic carbocycles. The fourth-order valence-corrected chi connectivity index (χ4v) is 5.50. The summed E-state index contributed by atoms with van der Waals surface area (Å²) in [6.07, 6.45) is 1.89. The lowest BCUT2D eigenvalue weighted by atomic mass is 9.73. The third-order valence-corrected chi connectivity index (χ3v) is 7.65. The standard InChI is InChI=1S/C33H28N4O/c1-20(2)21-15-16-35-31(18-21)37-28-8-6-5-7-25(28)33(3,4)26-12-9-22(17-29(26)37)27-13-11-24-23(19-34)10-14-30(38)32(24)36-27/h5-18,20,38H,1-4H3. The number of fused-ring (bicyclic) bond motifs is 3. The Kier molecular flexibility index (Phi) is 5.43. The Hall–Kier alpha value is -4.69. The number of benzene rings is 3. The molecule has 0 bridgehead atoms. The minimum atomic E-state index is -0.215. The highest BCUT2D eigenvalue weighted by Gasteiger charge is 2.37. The van der Waals surface area contributed by atoms with Crippen molar-refractivity contribution in [2.75, 3.05) is 4.90 Å². The maximum absolute atomic E-state index is 10.5. The van der Waals surface area contributed by atoms with Gasteiger partial charge in [-0.25, -0.2) is 9.97 Å². The maximum Gasteiger partial charge on any atom is 0.141 e. The Morgan fingerprint density at radius 3 is 2.47 bits per heavy atom. The molecule has 0 radical (unpaired) electrons. The van der Waals surface area contributed by atoms with Gasteiger partial charge in [0, 0.05) is 22.6 Å². The van der Waals surface area contributed by atoms with E-state index in [0.717, 1.165) is 28.5 Å². The van der Waals surface area contributed by atoms with Gasteiger partial charge in [-0.05, 0) is 71.1 Å². The molecule has 38 heavy (non-hydrogen) atoms. The molecule has 0 atom stereocenters. The molecule has 1 aliphatic heterocycles. The van der Waals surface area contributed by atoms with Crippen LogP contribution in [0.2, 0.25) is 0 Å². The van der Waals surface area contributed by atoms with E-state index in [9.17, 15) is 10.4 Å². The van der Waals surface area contributed by atoms with Gasteiger partial charge in [0.05, 0.1) is 28.7 Å². The Labute approximate surface area is 222 Å². The second-order valence-electron chi connectivity index (χ2n) is 10.6. The van der Waals surface area contributed by atoms with Crippen molar-refractivity contribution in [3.05, 3.63) is 107 Å². The molecule has 186 valence electrons. The van der Waals surface area contributed by atoms with Gasteiger partial charge in [-0.1, -0.05) is 58.0 Å². The summed E-state index contributed by atoms with van der Waals surface area (Å²) in [5.41, 5.74) is 8.19. The highest BCUT2D eigenvalue weighted by molar-refractivity contribution is 5.92. The van der Waals surface area contributed by atoms with E-state index in [-0.39, 0.29) is 11.2 Å². The molecule has 6 rings (SSSR count). The Morgan fingerprint density at radius 1 is 0.895 bits per heavy atom. The fraction of sp³-hybridized carbons (Fsp3) is 0.182. The summed E-state index contributed by atoms with van der Waals surface area (Å²) in [5.74, 6) is 1.32. The van der Waals surface area contributed by atoms with Crippen molar-refractivity contribution in [2.45, 2.75) is 39.0 Å². The molecule has 0 saturated heterocycles. The minimum Gasteiger partial charge on any atom is -0.506 e. The van der Waals surface area contributed by atoms with Crippen LogP contribution in [0.25, 0.3) is 22.2 Å². The predicted octanol–water partition coefficient (Wildman–Crippen LogP) is 8.11. The van der Waals surface area contributed by atoms with Crippen LogP contribution >= 0.6 is 0 Å². The highest BCUT2D eigenvalue weighted by atomic mass is 16.3. The van der Waals surface area contributed by atoms with Gasteiger partial charge < -0.3 is 5.11 Å². The molecular formula is C33H28N4O. The molecule has 5 nitrogen and oxygen atoms in total. The fourth-order valence-electron chi connectivity index (χ4n) is 5.50. The number of hydrogen-bond acceptors (Lipinski definition) is 5. The van der Waals surface area contributed by atoms with Gasteiger partial charge in [0.15, 0.2) is 0 Å². The van der Waals surface area contributed by atoms with Crippen molar-refractivity contribution < 1.29 is 5.11 Å². The number of anilines is 3. The zero-order chi connectivity index (χ0) is 26.6. The average Bonchev–Trinajstić information content (AvgIpc) is 2.93. The molecule has 5 aromatic rings. The SMILES string of the molecule is CC(C)c1ccnc(N2c3ccccc3C(C)(C)c3ccc(-c4ccc5c(C#N)ccc(O)c5n4)cc32)c1. The van der Waals surface area contributed by atoms with Crippen molar-refractivity contribution >= 4 is 28.1 Å². The van der Waals surface area contributed by atoms with E-state index >= 15 is 0 Å². The van der Waals surface area contributed by atoms with E-state index in [1.165, 1.54) is 22.8 Å². The first-order chi connectivity index (χ1) is 18.3. The first-order valence-electron chi connectivity index (χ1n) is 12.8. The van der Waals surface area contributed by atoms with Crippen LogP contribution in [0.5, 0.6) is 5.75 Å². The Bertz CT molecular complexity index is 1760. The number of para-hydroxylation sites is 1. The van der Waals surface area contributed by atoms with E-state index in [0.29, 0.717) is 22.4 Å². The van der Waals surface area contributed by atoms with Gasteiger partial charge in [0.25, 0.3) is 0 Å². The van der Waals surface area contributed by atoms with Crippen LogP contribution in [-0.4, -0.2) is 15.1 Å². The van der Waals surface area contributed by atoms with Crippen LogP contribution < -0.4 is 4.90 Å². The molecule has 0 aliphatic carbocycles. The molecular weight excluding hydrogens is 468 g/mol. The summed E-state index contributed by atoms with van der Waals surface area (Å²) >= 11 is 0. The van der Waals surface area contributed by atoms with Crippen LogP contribution in [0.15, 0.2) is 85.1 Å². The van der Waals surface area contributed by atoms with Crippen LogP contribution in [0.4, 0.5) is 17.2 Å². The lowest BCUT2D eigenvalue weighted by Crippen LogP contribution is -2.31. The summed E-state index contributed by atoms with van der Waals surface area (Å²) in [5, 5.41) is 20.6. The molecule has 0 spiro atoms. The number of phenolic OH excluding ortho intramolecular Hbond substituents is 1. The largest absolute Gasteiger partial charge is 0.506 e. The molecule has 0 amide bonds. The van der Waals surface area contributed by atoms with Crippen LogP contribution in [-0.2, 0) is 5.41 Å². The molecule has 5 heteroatoms. The van der Waals surface area contributed by atoms with Crippen LogP contribution in [0.3, 0.4) is 0 Å². The molecule has 0 saturated carbocycles. The number of aromatic hydroxyl groups is 1. The molecule has 0 unspecified atom stereocenters. The number of aromatic nitrogens is 2. The summed E-state index contributed by atoms with van der Waals surface area (Å²) in [6, 6.07) is 28.3. The third kappa shape index (κ3) is 3.61. The molecule has 2 aromatic heterocycles. The molecule has 1 N–H and O–H groups in total. The van der Waals surface area contributed by atoms with Gasteiger partial charge >= 0.3 is 0 Å². The smallest absolute Gasteiger partial charge is 0.141 e. The Morgan fingerprint density at radius 2 is 1.68 bits per heavy atom. The number of hydrogen-bond donors (Lipinski definition) is 1. The molecule has 1 aliphatic rings. The molecule has 3 heterocycles. The van der Waals surface area contributed by atoms with E-state index in [1.54, 1.807) is 6.07 Å². The van der Waals surface area contributed by atoms with Crippen molar-refractivity contribution in [1.29, 1.82) is 5.26 Å². The van der Waals surface area contributed by atoms with E-state index in [2.05, 4.69) is 93.3 Å². The number of nitrogens with zero attached hydrogens (tertiary/aromatic N) is 4. The second-order valence-corrected chi connectivity index (χ2v) is 10.6. The number of nitriles is 1. The van der Waals surface area contributed by atoms with E-state index < -0.39 is 0 Å². The normalized spacial score (nSPS) is 13.7. The second kappa shape index (κ2) is 8.71. The number of rotatable bonds is 3. The van der Waals surface area contributed by atoms with Crippen LogP contribution in [0.1, 0.15) is 55.9 Å². The lowest BCUT2D eigenvalue weighted by molar-refractivity contribution is 0.480. The Balaban J connectivity index is 1.58. The van der Waals surface area contributed by atoms with Gasteiger partial charge in [-0.2, -0.15) is 5.26 Å². The van der Waals surface area contributed by atoms with Gasteiger partial charge in [-0.15, -0.1) is 0 Å². The van der Waals surface area contributed by atoms with Crippen LogP contribution in [0, 0.1) is 11.3 Å². The van der Waals surface area contributed by atoms with Gasteiger partial charge in [0.2, 0.25) is 0 Å². The minimum absolute atomic E-state index is 0.0604. The number of pyridine rings is 2. The van der Waals surface area contributed by atoms with Crippen molar-refractivity contribution in [2.24, 2.45) is 0 Å². The summed E-state index contributed by atoms with van der Waals surface area (Å²) in [6.45, 7) is 8.90. The topological polar surface area (TPSA) is 73.0 Å². The predicted molar refractivity (Wildman–Crippen MR) is 152 cm³/mol. The zero-order valence-corrected chi connectivity index (χ0v) is 21.9. The third-order valence-electron chi connectivity index (χ3n) is 7.65. The maximum atomic E-state index is 10.5. The van der Waals surface area contributed by atoms with E-state index in [1.807, 2.05) is 18.3 Å². The first-order valence-corrected chi connectivity index (χ1v) is 12.8. The zero-order valence-electron chi connectivity index (χ0n) is 21.9. The van der Waals surface area contributed by atoms with Crippen molar-refractivity contribution in [1.82, 2.24) is 9.97 Å². The average molecular weight is 497 g/mol.